The first kappa shape index (κ1) is 20.7. The highest BCUT2D eigenvalue weighted by Gasteiger charge is 2.10. The average molecular weight is 424 g/mol. The quantitative estimate of drug-likeness (QED) is 0.525. The van der Waals surface area contributed by atoms with Gasteiger partial charge in [-0.3, -0.25) is 9.93 Å². The summed E-state index contributed by atoms with van der Waals surface area (Å²) in [5, 5.41) is 18.0. The zero-order valence-electron chi connectivity index (χ0n) is 15.4. The maximum absolute atomic E-state index is 12.3. The van der Waals surface area contributed by atoms with E-state index in [0.717, 1.165) is 23.1 Å². The predicted octanol–water partition coefficient (Wildman–Crippen LogP) is 4.94. The van der Waals surface area contributed by atoms with Crippen LogP contribution in [0.4, 0.5) is 5.69 Å². The SMILES string of the molecule is N#Cc1ccc(COc2ccc(NC(=O)Cc3ccccc3Cl)cc2SN)cc1. The first-order valence-corrected chi connectivity index (χ1v) is 10.0. The Kier molecular flexibility index (Phi) is 7.14. The van der Waals surface area contributed by atoms with Crippen molar-refractivity contribution in [2.24, 2.45) is 5.14 Å². The van der Waals surface area contributed by atoms with Gasteiger partial charge in [-0.2, -0.15) is 5.26 Å². The number of nitrogens with zero attached hydrogens (tertiary/aromatic N) is 1. The molecular formula is C22H18ClN3O2S. The van der Waals surface area contributed by atoms with E-state index >= 15 is 0 Å². The van der Waals surface area contributed by atoms with E-state index in [1.165, 1.54) is 0 Å². The van der Waals surface area contributed by atoms with Crippen molar-refractivity contribution < 1.29 is 9.53 Å². The second-order valence-electron chi connectivity index (χ2n) is 6.19. The van der Waals surface area contributed by atoms with Gasteiger partial charge in [0.2, 0.25) is 5.91 Å². The van der Waals surface area contributed by atoms with Crippen molar-refractivity contribution in [3.8, 4) is 11.8 Å². The van der Waals surface area contributed by atoms with Crippen molar-refractivity contribution in [2.45, 2.75) is 17.9 Å². The molecule has 3 N–H and O–H groups in total. The topological polar surface area (TPSA) is 88.1 Å². The molecule has 5 nitrogen and oxygen atoms in total. The lowest BCUT2D eigenvalue weighted by atomic mass is 10.1. The first-order chi connectivity index (χ1) is 14.1. The maximum Gasteiger partial charge on any atom is 0.228 e. The summed E-state index contributed by atoms with van der Waals surface area (Å²) in [4.78, 5) is 13.0. The normalized spacial score (nSPS) is 10.2. The van der Waals surface area contributed by atoms with Crippen molar-refractivity contribution in [3.63, 3.8) is 0 Å². The van der Waals surface area contributed by atoms with Gasteiger partial charge in [0, 0.05) is 10.7 Å². The van der Waals surface area contributed by atoms with E-state index < -0.39 is 0 Å². The van der Waals surface area contributed by atoms with Crippen LogP contribution in [0, 0.1) is 11.3 Å². The lowest BCUT2D eigenvalue weighted by Gasteiger charge is -2.13. The number of nitrogens with two attached hydrogens (primary N) is 1. The smallest absolute Gasteiger partial charge is 0.228 e. The highest BCUT2D eigenvalue weighted by Crippen LogP contribution is 2.30. The summed E-state index contributed by atoms with van der Waals surface area (Å²) >= 11 is 7.15. The van der Waals surface area contributed by atoms with Gasteiger partial charge in [-0.15, -0.1) is 0 Å². The number of hydrogen-bond acceptors (Lipinski definition) is 5. The van der Waals surface area contributed by atoms with Gasteiger partial charge in [-0.05, 0) is 59.5 Å². The van der Waals surface area contributed by atoms with Crippen LogP contribution in [0.3, 0.4) is 0 Å². The molecule has 0 radical (unpaired) electrons. The average Bonchev–Trinajstić information content (AvgIpc) is 2.74. The van der Waals surface area contributed by atoms with Crippen LogP contribution in [0.15, 0.2) is 71.6 Å². The Balaban J connectivity index is 1.64. The van der Waals surface area contributed by atoms with Gasteiger partial charge in [-0.1, -0.05) is 41.9 Å². The fraction of sp³-hybridized carbons (Fsp3) is 0.0909. The molecule has 1 amide bonds. The van der Waals surface area contributed by atoms with E-state index in [4.69, 9.17) is 26.7 Å². The first-order valence-electron chi connectivity index (χ1n) is 8.75. The van der Waals surface area contributed by atoms with E-state index in [1.807, 2.05) is 30.3 Å². The number of halogens is 1. The molecule has 0 aromatic heterocycles. The zero-order valence-corrected chi connectivity index (χ0v) is 17.0. The van der Waals surface area contributed by atoms with Crippen molar-refractivity contribution in [2.75, 3.05) is 5.32 Å². The Morgan fingerprint density at radius 3 is 2.59 bits per heavy atom. The monoisotopic (exact) mass is 423 g/mol. The molecule has 0 fully saturated rings. The number of hydrogen-bond donors (Lipinski definition) is 2. The van der Waals surface area contributed by atoms with Crippen LogP contribution in [0.1, 0.15) is 16.7 Å². The van der Waals surface area contributed by atoms with Crippen LogP contribution in [-0.2, 0) is 17.8 Å². The molecule has 0 bridgehead atoms. The van der Waals surface area contributed by atoms with Gasteiger partial charge in [0.25, 0.3) is 0 Å². The van der Waals surface area contributed by atoms with E-state index in [-0.39, 0.29) is 12.3 Å². The Hall–Kier alpha value is -2.98. The second kappa shape index (κ2) is 9.99. The molecule has 0 heterocycles. The summed E-state index contributed by atoms with van der Waals surface area (Å²) in [7, 11) is 0. The van der Waals surface area contributed by atoms with E-state index in [2.05, 4.69) is 11.4 Å². The summed E-state index contributed by atoms with van der Waals surface area (Å²) in [6.45, 7) is 0.345. The van der Waals surface area contributed by atoms with Gasteiger partial charge in [0.15, 0.2) is 0 Å². The summed E-state index contributed by atoms with van der Waals surface area (Å²) < 4.78 is 5.85. The number of carbonyl (C=O) groups excluding carboxylic acids is 1. The lowest BCUT2D eigenvalue weighted by molar-refractivity contribution is -0.115. The van der Waals surface area contributed by atoms with Crippen molar-refractivity contribution in [1.29, 1.82) is 5.26 Å². The summed E-state index contributed by atoms with van der Waals surface area (Å²) in [5.41, 5.74) is 2.93. The summed E-state index contributed by atoms with van der Waals surface area (Å²) in [6, 6.07) is 21.8. The summed E-state index contributed by atoms with van der Waals surface area (Å²) in [5.74, 6) is 0.447. The van der Waals surface area contributed by atoms with Crippen LogP contribution >= 0.6 is 23.5 Å². The maximum atomic E-state index is 12.3. The molecule has 29 heavy (non-hydrogen) atoms. The third-order valence-corrected chi connectivity index (χ3v) is 5.08. The van der Waals surface area contributed by atoms with Crippen molar-refractivity contribution in [3.05, 3.63) is 88.4 Å². The number of nitriles is 1. The number of carbonyl (C=O) groups is 1. The molecule has 0 unspecified atom stereocenters. The third-order valence-electron chi connectivity index (χ3n) is 4.14. The number of anilines is 1. The summed E-state index contributed by atoms with van der Waals surface area (Å²) in [6.07, 6.45) is 0.182. The molecule has 3 aromatic carbocycles. The van der Waals surface area contributed by atoms with Crippen LogP contribution < -0.4 is 15.2 Å². The van der Waals surface area contributed by atoms with Crippen LogP contribution in [-0.4, -0.2) is 5.91 Å². The number of amides is 1. The second-order valence-corrected chi connectivity index (χ2v) is 7.28. The van der Waals surface area contributed by atoms with Gasteiger partial charge in [0.05, 0.1) is 22.9 Å². The van der Waals surface area contributed by atoms with Gasteiger partial charge in [0.1, 0.15) is 12.4 Å². The molecule has 0 aliphatic rings. The van der Waals surface area contributed by atoms with Gasteiger partial charge < -0.3 is 10.1 Å². The Bertz CT molecular complexity index is 1050. The minimum absolute atomic E-state index is 0.169. The van der Waals surface area contributed by atoms with Crippen LogP contribution in [0.25, 0.3) is 0 Å². The molecule has 7 heteroatoms. The van der Waals surface area contributed by atoms with E-state index in [0.29, 0.717) is 33.5 Å². The fourth-order valence-corrected chi connectivity index (χ4v) is 3.29. The van der Waals surface area contributed by atoms with E-state index in [1.54, 1.807) is 36.4 Å². The molecule has 3 aromatic rings. The molecule has 146 valence electrons. The minimum atomic E-state index is -0.169. The zero-order chi connectivity index (χ0) is 20.6. The van der Waals surface area contributed by atoms with Crippen molar-refractivity contribution >= 4 is 35.1 Å². The molecule has 0 aliphatic heterocycles. The minimum Gasteiger partial charge on any atom is -0.488 e. The Morgan fingerprint density at radius 1 is 1.14 bits per heavy atom. The molecule has 0 spiro atoms. The number of nitrogens with one attached hydrogen (secondary N) is 1. The lowest BCUT2D eigenvalue weighted by Crippen LogP contribution is -2.14. The van der Waals surface area contributed by atoms with Crippen molar-refractivity contribution in [1.82, 2.24) is 0 Å². The largest absolute Gasteiger partial charge is 0.488 e. The standard InChI is InChI=1S/C22H18ClN3O2S/c23-19-4-2-1-3-17(19)11-22(27)26-18-9-10-20(21(12-18)29-25)28-14-16-7-5-15(13-24)6-8-16/h1-10,12H,11,14,25H2,(H,26,27). The third kappa shape index (κ3) is 5.75. The Labute approximate surface area is 178 Å². The Morgan fingerprint density at radius 2 is 1.90 bits per heavy atom. The van der Waals surface area contributed by atoms with E-state index in [9.17, 15) is 4.79 Å². The number of ether oxygens (including phenoxy) is 1. The molecule has 0 aliphatic carbocycles. The number of rotatable bonds is 7. The fourth-order valence-electron chi connectivity index (χ4n) is 2.65. The van der Waals surface area contributed by atoms with Gasteiger partial charge >= 0.3 is 0 Å². The van der Waals surface area contributed by atoms with Crippen LogP contribution in [0.2, 0.25) is 5.02 Å². The number of benzene rings is 3. The molecule has 3 rings (SSSR count). The highest BCUT2D eigenvalue weighted by molar-refractivity contribution is 7.97. The van der Waals surface area contributed by atoms with Crippen LogP contribution in [0.5, 0.6) is 5.75 Å². The molecule has 0 saturated carbocycles. The molecular weight excluding hydrogens is 406 g/mol. The molecule has 0 saturated heterocycles. The highest BCUT2D eigenvalue weighted by atomic mass is 35.5. The predicted molar refractivity (Wildman–Crippen MR) is 116 cm³/mol. The molecule has 0 atom stereocenters. The van der Waals surface area contributed by atoms with Gasteiger partial charge in [-0.25, -0.2) is 0 Å².